The largest absolute Gasteiger partial charge is 0.496 e. The molecule has 1 aromatic heterocycles. The van der Waals surface area contributed by atoms with Gasteiger partial charge in [0, 0.05) is 17.8 Å². The van der Waals surface area contributed by atoms with Gasteiger partial charge in [0.1, 0.15) is 5.75 Å². The molecular weight excluding hydrogens is 306 g/mol. The summed E-state index contributed by atoms with van der Waals surface area (Å²) in [5.41, 5.74) is 1.52. The Labute approximate surface area is 141 Å². The van der Waals surface area contributed by atoms with Gasteiger partial charge in [0.2, 0.25) is 5.91 Å². The van der Waals surface area contributed by atoms with Crippen LogP contribution in [0.4, 0.5) is 5.69 Å². The van der Waals surface area contributed by atoms with E-state index in [0.29, 0.717) is 17.6 Å². The normalized spacial score (nSPS) is 18.1. The molecule has 0 bridgehead atoms. The van der Waals surface area contributed by atoms with Crippen LogP contribution in [0, 0.1) is 0 Å². The lowest BCUT2D eigenvalue weighted by molar-refractivity contribution is -0.120. The smallest absolute Gasteiger partial charge is 0.241 e. The van der Waals surface area contributed by atoms with Gasteiger partial charge in [-0.15, -0.1) is 0 Å². The lowest BCUT2D eigenvalue weighted by atomic mass is 10.1. The quantitative estimate of drug-likeness (QED) is 0.912. The highest BCUT2D eigenvalue weighted by Gasteiger charge is 2.32. The zero-order chi connectivity index (χ0) is 17.1. The van der Waals surface area contributed by atoms with Crippen molar-refractivity contribution in [1.82, 2.24) is 9.88 Å². The van der Waals surface area contributed by atoms with Gasteiger partial charge >= 0.3 is 0 Å². The van der Waals surface area contributed by atoms with Crippen molar-refractivity contribution in [2.24, 2.45) is 0 Å². The summed E-state index contributed by atoms with van der Waals surface area (Å²) in [6, 6.07) is 5.83. The lowest BCUT2D eigenvalue weighted by Crippen LogP contribution is -2.43. The van der Waals surface area contributed by atoms with E-state index in [0.717, 1.165) is 30.6 Å². The molecule has 0 radical (unpaired) electrons. The van der Waals surface area contributed by atoms with Crippen LogP contribution in [0.2, 0.25) is 0 Å². The second-order valence-corrected chi connectivity index (χ2v) is 6.26. The van der Waals surface area contributed by atoms with E-state index in [-0.39, 0.29) is 11.9 Å². The summed E-state index contributed by atoms with van der Waals surface area (Å²) in [6.07, 6.45) is 4.97. The molecule has 6 heteroatoms. The van der Waals surface area contributed by atoms with Crippen LogP contribution in [0.3, 0.4) is 0 Å². The number of aromatic nitrogens is 1. The van der Waals surface area contributed by atoms with Gasteiger partial charge in [-0.2, -0.15) is 0 Å². The molecule has 1 atom stereocenters. The first-order valence-electron chi connectivity index (χ1n) is 8.23. The van der Waals surface area contributed by atoms with Gasteiger partial charge in [-0.25, -0.2) is 4.98 Å². The summed E-state index contributed by atoms with van der Waals surface area (Å²) in [4.78, 5) is 18.8. The summed E-state index contributed by atoms with van der Waals surface area (Å²) in [7, 11) is 1.60. The number of rotatable bonds is 5. The van der Waals surface area contributed by atoms with Gasteiger partial charge in [0.25, 0.3) is 0 Å². The van der Waals surface area contributed by atoms with E-state index >= 15 is 0 Å². The van der Waals surface area contributed by atoms with Crippen molar-refractivity contribution in [3.8, 4) is 17.1 Å². The number of nitrogens with one attached hydrogen (secondary N) is 1. The summed E-state index contributed by atoms with van der Waals surface area (Å²) in [6.45, 7) is 5.23. The van der Waals surface area contributed by atoms with Crippen molar-refractivity contribution in [3.63, 3.8) is 0 Å². The van der Waals surface area contributed by atoms with Gasteiger partial charge in [-0.3, -0.25) is 9.69 Å². The third-order valence-corrected chi connectivity index (χ3v) is 4.43. The standard InChI is InChI=1S/C18H23N3O3/c1-12(2)21-8-4-5-15(21)18(22)20-13-6-7-14(16(9-13)23-3)17-10-19-11-24-17/h6-7,9-12,15H,4-5,8H2,1-3H3,(H,20,22). The van der Waals surface area contributed by atoms with Crippen LogP contribution in [-0.2, 0) is 4.79 Å². The second-order valence-electron chi connectivity index (χ2n) is 6.26. The molecule has 6 nitrogen and oxygen atoms in total. The number of carbonyl (C=O) groups is 1. The van der Waals surface area contributed by atoms with Crippen LogP contribution in [0.5, 0.6) is 5.75 Å². The molecule has 0 saturated carbocycles. The molecule has 0 aliphatic carbocycles. The molecule has 2 aromatic rings. The highest BCUT2D eigenvalue weighted by Crippen LogP contribution is 2.32. The van der Waals surface area contributed by atoms with Crippen LogP contribution in [-0.4, -0.2) is 41.5 Å². The number of carbonyl (C=O) groups excluding carboxylic acids is 1. The number of methoxy groups -OCH3 is 1. The summed E-state index contributed by atoms with van der Waals surface area (Å²) < 4.78 is 10.7. The third kappa shape index (κ3) is 3.28. The van der Waals surface area contributed by atoms with Crippen molar-refractivity contribution in [2.75, 3.05) is 19.0 Å². The average Bonchev–Trinajstić information content (AvgIpc) is 3.26. The molecule has 1 aliphatic heterocycles. The minimum absolute atomic E-state index is 0.0377. The zero-order valence-corrected chi connectivity index (χ0v) is 14.3. The Balaban J connectivity index is 1.77. The maximum absolute atomic E-state index is 12.6. The highest BCUT2D eigenvalue weighted by molar-refractivity contribution is 5.95. The van der Waals surface area contributed by atoms with Gasteiger partial charge < -0.3 is 14.5 Å². The number of anilines is 1. The molecule has 1 unspecified atom stereocenters. The molecule has 1 saturated heterocycles. The molecule has 1 fully saturated rings. The van der Waals surface area contributed by atoms with Crippen molar-refractivity contribution >= 4 is 11.6 Å². The van der Waals surface area contributed by atoms with Crippen LogP contribution in [0.25, 0.3) is 11.3 Å². The number of benzene rings is 1. The van der Waals surface area contributed by atoms with Crippen molar-refractivity contribution in [3.05, 3.63) is 30.8 Å². The fourth-order valence-corrected chi connectivity index (χ4v) is 3.24. The first-order valence-corrected chi connectivity index (χ1v) is 8.23. The van der Waals surface area contributed by atoms with E-state index in [9.17, 15) is 4.79 Å². The SMILES string of the molecule is COc1cc(NC(=O)C2CCCN2C(C)C)ccc1-c1cnco1. The number of ether oxygens (including phenoxy) is 1. The van der Waals surface area contributed by atoms with Gasteiger partial charge in [-0.1, -0.05) is 0 Å². The number of oxazole rings is 1. The minimum atomic E-state index is -0.0649. The monoisotopic (exact) mass is 329 g/mol. The van der Waals surface area contributed by atoms with Gasteiger partial charge in [-0.05, 0) is 45.4 Å². The predicted octanol–water partition coefficient (Wildman–Crippen LogP) is 3.16. The predicted molar refractivity (Wildman–Crippen MR) is 92.0 cm³/mol. The Bertz CT molecular complexity index is 698. The Hall–Kier alpha value is -2.34. The maximum Gasteiger partial charge on any atom is 0.241 e. The van der Waals surface area contributed by atoms with Crippen LogP contribution in [0.1, 0.15) is 26.7 Å². The molecule has 1 aliphatic rings. The maximum atomic E-state index is 12.6. The Morgan fingerprint density at radius 2 is 2.29 bits per heavy atom. The van der Waals surface area contributed by atoms with Crippen LogP contribution < -0.4 is 10.1 Å². The number of likely N-dealkylation sites (tertiary alicyclic amines) is 1. The number of hydrogen-bond acceptors (Lipinski definition) is 5. The average molecular weight is 329 g/mol. The van der Waals surface area contributed by atoms with Crippen molar-refractivity contribution in [2.45, 2.75) is 38.8 Å². The Morgan fingerprint density at radius 3 is 2.96 bits per heavy atom. The topological polar surface area (TPSA) is 67.6 Å². The number of amides is 1. The first kappa shape index (κ1) is 16.5. The van der Waals surface area contributed by atoms with E-state index in [1.54, 1.807) is 13.3 Å². The summed E-state index contributed by atoms with van der Waals surface area (Å²) in [5.74, 6) is 1.30. The summed E-state index contributed by atoms with van der Waals surface area (Å²) >= 11 is 0. The molecule has 1 amide bonds. The molecule has 0 spiro atoms. The van der Waals surface area contributed by atoms with E-state index in [2.05, 4.69) is 29.0 Å². The zero-order valence-electron chi connectivity index (χ0n) is 14.3. The number of nitrogens with zero attached hydrogens (tertiary/aromatic N) is 2. The molecular formula is C18H23N3O3. The van der Waals surface area contributed by atoms with Crippen molar-refractivity contribution in [1.29, 1.82) is 0 Å². The summed E-state index contributed by atoms with van der Waals surface area (Å²) in [5, 5.41) is 3.01. The van der Waals surface area contributed by atoms with Crippen LogP contribution in [0.15, 0.2) is 35.2 Å². The van der Waals surface area contributed by atoms with Crippen molar-refractivity contribution < 1.29 is 13.9 Å². The molecule has 128 valence electrons. The minimum Gasteiger partial charge on any atom is -0.496 e. The molecule has 2 heterocycles. The highest BCUT2D eigenvalue weighted by atomic mass is 16.5. The molecule has 1 aromatic carbocycles. The fraction of sp³-hybridized carbons (Fsp3) is 0.444. The Morgan fingerprint density at radius 1 is 1.46 bits per heavy atom. The first-order chi connectivity index (χ1) is 11.6. The second kappa shape index (κ2) is 7.05. The van der Waals surface area contributed by atoms with Gasteiger partial charge in [0.05, 0.1) is 24.9 Å². The van der Waals surface area contributed by atoms with Crippen LogP contribution >= 0.6 is 0 Å². The van der Waals surface area contributed by atoms with E-state index < -0.39 is 0 Å². The van der Waals surface area contributed by atoms with E-state index in [1.807, 2.05) is 18.2 Å². The fourth-order valence-electron chi connectivity index (χ4n) is 3.24. The molecule has 1 N–H and O–H groups in total. The van der Waals surface area contributed by atoms with E-state index in [4.69, 9.17) is 9.15 Å². The molecule has 24 heavy (non-hydrogen) atoms. The lowest BCUT2D eigenvalue weighted by Gasteiger charge is -2.27. The van der Waals surface area contributed by atoms with E-state index in [1.165, 1.54) is 6.39 Å². The number of hydrogen-bond donors (Lipinski definition) is 1. The molecule has 3 rings (SSSR count). The third-order valence-electron chi connectivity index (χ3n) is 4.43. The van der Waals surface area contributed by atoms with Gasteiger partial charge in [0.15, 0.2) is 12.2 Å². The Kier molecular flexibility index (Phi) is 4.85.